The van der Waals surface area contributed by atoms with E-state index in [9.17, 15) is 14.7 Å². The molecule has 1 fully saturated rings. The van der Waals surface area contributed by atoms with Crippen LogP contribution in [0.5, 0.6) is 0 Å². The van der Waals surface area contributed by atoms with E-state index < -0.39 is 12.1 Å². The number of carboxylic acid groups (broad SMARTS) is 1. The molecule has 0 saturated heterocycles. The van der Waals surface area contributed by atoms with E-state index in [1.54, 1.807) is 29.2 Å². The third kappa shape index (κ3) is 7.95. The fourth-order valence-corrected chi connectivity index (χ4v) is 6.47. The van der Waals surface area contributed by atoms with Crippen molar-refractivity contribution in [1.82, 2.24) is 0 Å². The standard InChI is InChI=1S/C22H28BBrO4S2/c1-14-19(24)11-22(30-14)29-13-16(25)8-9-17-15(12-23)10-20(26)18(17)6-4-2-3-5-7-21(27)28/h2,4,8-9,11-12,15,17-18,20,23,26H,3,5-7,10,13H2,1H3,(H,27,28)/b4-2-,9-8+/t15-,17-,18+,20?/m0/s1. The van der Waals surface area contributed by atoms with Gasteiger partial charge in [0.05, 0.1) is 0 Å². The average Bonchev–Trinajstić information content (AvgIpc) is 3.19. The Morgan fingerprint density at radius 2 is 2.17 bits per heavy atom. The number of thioether (sulfide) groups is 1. The van der Waals surface area contributed by atoms with Crippen LogP contribution in [0.3, 0.4) is 0 Å². The zero-order valence-electron chi connectivity index (χ0n) is 17.1. The Labute approximate surface area is 196 Å². The summed E-state index contributed by atoms with van der Waals surface area (Å²) < 4.78 is 2.19. The second kappa shape index (κ2) is 12.8. The number of rotatable bonds is 12. The molecule has 0 bridgehead atoms. The van der Waals surface area contributed by atoms with Gasteiger partial charge in [-0.25, -0.2) is 0 Å². The van der Waals surface area contributed by atoms with Gasteiger partial charge >= 0.3 is 197 Å². The van der Waals surface area contributed by atoms with Gasteiger partial charge in [0, 0.05) is 0 Å². The van der Waals surface area contributed by atoms with Crippen LogP contribution in [-0.4, -0.2) is 47.3 Å². The number of hydrogen-bond acceptors (Lipinski definition) is 5. The first kappa shape index (κ1) is 25.3. The van der Waals surface area contributed by atoms with Crippen molar-refractivity contribution < 1.29 is 19.8 Å². The van der Waals surface area contributed by atoms with Crippen molar-refractivity contribution in [2.24, 2.45) is 17.8 Å². The van der Waals surface area contributed by atoms with Crippen LogP contribution in [0.4, 0.5) is 0 Å². The molecule has 162 valence electrons. The van der Waals surface area contributed by atoms with Crippen LogP contribution in [0.15, 0.2) is 39.1 Å². The number of carboxylic acids is 1. The van der Waals surface area contributed by atoms with Gasteiger partial charge in [-0.3, -0.25) is 0 Å². The number of aliphatic carboxylic acids is 1. The molecule has 1 heterocycles. The number of thiophene rings is 1. The molecule has 0 radical (unpaired) electrons. The second-order valence-corrected chi connectivity index (χ2v) is 10.9. The molecule has 4 nitrogen and oxygen atoms in total. The van der Waals surface area contributed by atoms with Crippen molar-refractivity contribution in [2.45, 2.75) is 49.3 Å². The van der Waals surface area contributed by atoms with Gasteiger partial charge in [-0.15, -0.1) is 0 Å². The van der Waals surface area contributed by atoms with E-state index in [1.165, 1.54) is 4.88 Å². The first-order valence-corrected chi connectivity index (χ1v) is 12.7. The van der Waals surface area contributed by atoms with Crippen molar-refractivity contribution in [3.63, 3.8) is 0 Å². The molecule has 0 amide bonds. The van der Waals surface area contributed by atoms with E-state index in [-0.39, 0.29) is 30.0 Å². The summed E-state index contributed by atoms with van der Waals surface area (Å²) in [6.07, 6.45) is 10.1. The Hall–Kier alpha value is -0.955. The normalized spacial score (nSPS) is 24.1. The predicted octanol–water partition coefficient (Wildman–Crippen LogP) is 4.55. The summed E-state index contributed by atoms with van der Waals surface area (Å²) >= 11 is 6.72. The number of hydrogen-bond donors (Lipinski definition) is 2. The molecule has 2 N–H and O–H groups in total. The fourth-order valence-electron chi connectivity index (χ4n) is 3.69. The predicted molar refractivity (Wildman–Crippen MR) is 131 cm³/mol. The summed E-state index contributed by atoms with van der Waals surface area (Å²) in [6.45, 7) is 2.04. The van der Waals surface area contributed by atoms with Gasteiger partial charge in [-0.2, -0.15) is 0 Å². The van der Waals surface area contributed by atoms with E-state index in [0.717, 1.165) is 8.68 Å². The Balaban J connectivity index is 1.90. The van der Waals surface area contributed by atoms with Crippen LogP contribution in [0, 0.1) is 24.7 Å². The van der Waals surface area contributed by atoms with Crippen LogP contribution in [0.2, 0.25) is 0 Å². The molecule has 30 heavy (non-hydrogen) atoms. The number of aliphatic hydroxyl groups is 1. The number of aliphatic hydroxyl groups excluding tert-OH is 1. The number of ketones is 1. The molecule has 0 spiro atoms. The van der Waals surface area contributed by atoms with Gasteiger partial charge in [0.25, 0.3) is 0 Å². The van der Waals surface area contributed by atoms with E-state index >= 15 is 0 Å². The van der Waals surface area contributed by atoms with Crippen LogP contribution in [-0.2, 0) is 9.59 Å². The van der Waals surface area contributed by atoms with Crippen LogP contribution in [0.1, 0.15) is 37.0 Å². The number of unbranched alkanes of at least 4 members (excludes halogenated alkanes) is 1. The van der Waals surface area contributed by atoms with Crippen molar-refractivity contribution >= 4 is 64.2 Å². The monoisotopic (exact) mass is 510 g/mol. The summed E-state index contributed by atoms with van der Waals surface area (Å²) in [5, 5.41) is 19.2. The molecular weight excluding hydrogens is 483 g/mol. The van der Waals surface area contributed by atoms with Crippen LogP contribution in [0.25, 0.3) is 0 Å². The van der Waals surface area contributed by atoms with Crippen LogP contribution < -0.4 is 0 Å². The number of carbonyl (C=O) groups excluding carboxylic acids is 1. The molecule has 1 saturated carbocycles. The molecule has 4 atom stereocenters. The Morgan fingerprint density at radius 1 is 1.40 bits per heavy atom. The molecule has 1 aliphatic rings. The Kier molecular flexibility index (Phi) is 10.8. The van der Waals surface area contributed by atoms with Gasteiger partial charge in [0.15, 0.2) is 0 Å². The summed E-state index contributed by atoms with van der Waals surface area (Å²) in [4.78, 5) is 24.1. The SMILES string of the molecule is B=C[C@@H]1CC(O)[C@H](C/C=C\CCCC(=O)O)[C@H]1/C=C/C(=O)CSc1cc(Br)c(C)s1. The molecule has 8 heteroatoms. The molecule has 1 aliphatic carbocycles. The summed E-state index contributed by atoms with van der Waals surface area (Å²) in [6, 6.07) is 2.04. The van der Waals surface area contributed by atoms with E-state index in [4.69, 9.17) is 5.11 Å². The van der Waals surface area contributed by atoms with E-state index in [1.807, 2.05) is 37.2 Å². The van der Waals surface area contributed by atoms with Gasteiger partial charge in [-0.1, -0.05) is 0 Å². The number of allylic oxidation sites excluding steroid dienone is 4. The zero-order chi connectivity index (χ0) is 22.1. The average molecular weight is 511 g/mol. The molecule has 1 unspecified atom stereocenters. The molecule has 1 aromatic heterocycles. The third-order valence-corrected chi connectivity index (χ3v) is 8.70. The van der Waals surface area contributed by atoms with Gasteiger partial charge in [-0.05, 0) is 0 Å². The van der Waals surface area contributed by atoms with Crippen molar-refractivity contribution in [2.75, 3.05) is 5.75 Å². The summed E-state index contributed by atoms with van der Waals surface area (Å²) in [7, 11) is 3.90. The van der Waals surface area contributed by atoms with E-state index in [2.05, 4.69) is 23.4 Å². The number of aryl methyl sites for hydroxylation is 1. The topological polar surface area (TPSA) is 74.6 Å². The second-order valence-electron chi connectivity index (χ2n) is 7.52. The van der Waals surface area contributed by atoms with Crippen LogP contribution >= 0.6 is 39.0 Å². The first-order chi connectivity index (χ1) is 14.3. The van der Waals surface area contributed by atoms with E-state index in [0.29, 0.717) is 31.4 Å². The third-order valence-electron chi connectivity index (χ3n) is 5.33. The maximum atomic E-state index is 12.4. The zero-order valence-corrected chi connectivity index (χ0v) is 20.3. The van der Waals surface area contributed by atoms with Gasteiger partial charge < -0.3 is 0 Å². The molecular formula is C22H28BBrO4S2. The Bertz CT molecular complexity index is 786. The molecule has 2 rings (SSSR count). The Morgan fingerprint density at radius 3 is 2.80 bits per heavy atom. The number of halogens is 1. The maximum absolute atomic E-state index is 12.4. The molecule has 1 aromatic rings. The minimum absolute atomic E-state index is 0.0383. The quantitative estimate of drug-likeness (QED) is 0.142. The van der Waals surface area contributed by atoms with Gasteiger partial charge in [0.2, 0.25) is 0 Å². The van der Waals surface area contributed by atoms with Crippen molar-refractivity contribution in [3.8, 4) is 0 Å². The minimum atomic E-state index is -0.779. The number of carbonyl (C=O) groups is 2. The fraction of sp³-hybridized carbons (Fsp3) is 0.500. The first-order valence-electron chi connectivity index (χ1n) is 10.1. The summed E-state index contributed by atoms with van der Waals surface area (Å²) in [5.74, 6) is 1.82. The molecule has 0 aliphatic heterocycles. The van der Waals surface area contributed by atoms with Crippen molar-refractivity contribution in [1.29, 1.82) is 0 Å². The summed E-state index contributed by atoms with van der Waals surface area (Å²) in [5.41, 5.74) is 0. The van der Waals surface area contributed by atoms with Crippen molar-refractivity contribution in [3.05, 3.63) is 39.7 Å². The molecule has 0 aromatic carbocycles. The van der Waals surface area contributed by atoms with Gasteiger partial charge in [0.1, 0.15) is 0 Å².